The van der Waals surface area contributed by atoms with E-state index in [1.54, 1.807) is 13.4 Å². The van der Waals surface area contributed by atoms with Crippen LogP contribution in [0.2, 0.25) is 5.02 Å². The molecular weight excluding hydrogens is 493 g/mol. The van der Waals surface area contributed by atoms with Gasteiger partial charge in [-0.15, -0.1) is 24.0 Å². The molecule has 3 rings (SSSR count). The van der Waals surface area contributed by atoms with Crippen LogP contribution in [-0.2, 0) is 13.0 Å². The SMILES string of the molecule is CN=C(NCCc1ccc(OC)cc1Cl)N1CCN(Cc2ccon2)CC1.I. The Hall–Kier alpha value is -1.52. The number of nitrogens with one attached hydrogen (secondary N) is 1. The van der Waals surface area contributed by atoms with Crippen molar-refractivity contribution in [3.8, 4) is 5.75 Å². The highest BCUT2D eigenvalue weighted by Crippen LogP contribution is 2.22. The molecule has 1 fully saturated rings. The molecule has 0 saturated carbocycles. The van der Waals surface area contributed by atoms with E-state index in [-0.39, 0.29) is 24.0 Å². The molecule has 0 spiro atoms. The largest absolute Gasteiger partial charge is 0.497 e. The maximum atomic E-state index is 6.31. The van der Waals surface area contributed by atoms with Gasteiger partial charge in [0.05, 0.1) is 12.8 Å². The number of benzene rings is 1. The van der Waals surface area contributed by atoms with Crippen LogP contribution in [0.1, 0.15) is 11.3 Å². The van der Waals surface area contributed by atoms with Gasteiger partial charge in [0, 0.05) is 57.4 Å². The fourth-order valence-corrected chi connectivity index (χ4v) is 3.43. The van der Waals surface area contributed by atoms with Crippen molar-refractivity contribution in [1.29, 1.82) is 0 Å². The van der Waals surface area contributed by atoms with Gasteiger partial charge in [0.15, 0.2) is 5.96 Å². The summed E-state index contributed by atoms with van der Waals surface area (Å²) in [6, 6.07) is 7.70. The Bertz CT molecular complexity index is 749. The van der Waals surface area contributed by atoms with Gasteiger partial charge in [0.1, 0.15) is 12.0 Å². The molecule has 28 heavy (non-hydrogen) atoms. The Kier molecular flexibility index (Phi) is 9.33. The minimum atomic E-state index is 0. The van der Waals surface area contributed by atoms with Crippen LogP contribution in [-0.4, -0.2) is 67.8 Å². The van der Waals surface area contributed by atoms with Crippen LogP contribution in [0, 0.1) is 0 Å². The summed E-state index contributed by atoms with van der Waals surface area (Å²) in [5, 5.41) is 8.16. The minimum absolute atomic E-state index is 0. The van der Waals surface area contributed by atoms with Gasteiger partial charge in [-0.1, -0.05) is 22.8 Å². The molecule has 0 atom stereocenters. The summed E-state index contributed by atoms with van der Waals surface area (Å²) < 4.78 is 10.1. The number of hydrogen-bond acceptors (Lipinski definition) is 5. The molecule has 154 valence electrons. The lowest BCUT2D eigenvalue weighted by Gasteiger charge is -2.36. The topological polar surface area (TPSA) is 66.1 Å². The van der Waals surface area contributed by atoms with Gasteiger partial charge >= 0.3 is 0 Å². The zero-order valence-corrected chi connectivity index (χ0v) is 19.3. The van der Waals surface area contributed by atoms with Crippen LogP contribution < -0.4 is 10.1 Å². The average Bonchev–Trinajstić information content (AvgIpc) is 3.20. The first-order chi connectivity index (χ1) is 13.2. The van der Waals surface area contributed by atoms with E-state index in [9.17, 15) is 0 Å². The smallest absolute Gasteiger partial charge is 0.193 e. The van der Waals surface area contributed by atoms with Crippen molar-refractivity contribution < 1.29 is 9.26 Å². The molecule has 1 N–H and O–H groups in total. The fourth-order valence-electron chi connectivity index (χ4n) is 3.16. The first-order valence-corrected chi connectivity index (χ1v) is 9.47. The molecule has 2 heterocycles. The van der Waals surface area contributed by atoms with Gasteiger partial charge in [-0.05, 0) is 24.1 Å². The van der Waals surface area contributed by atoms with Gasteiger partial charge in [-0.3, -0.25) is 9.89 Å². The lowest BCUT2D eigenvalue weighted by Crippen LogP contribution is -2.52. The van der Waals surface area contributed by atoms with Crippen molar-refractivity contribution in [2.24, 2.45) is 4.99 Å². The second-order valence-electron chi connectivity index (χ2n) is 6.44. The summed E-state index contributed by atoms with van der Waals surface area (Å²) in [6.07, 6.45) is 2.44. The molecule has 0 amide bonds. The van der Waals surface area contributed by atoms with Crippen molar-refractivity contribution in [2.45, 2.75) is 13.0 Å². The van der Waals surface area contributed by atoms with Crippen LogP contribution in [0.3, 0.4) is 0 Å². The third-order valence-electron chi connectivity index (χ3n) is 4.70. The number of aliphatic imine (C=N–C) groups is 1. The Morgan fingerprint density at radius 2 is 2.07 bits per heavy atom. The molecule has 1 saturated heterocycles. The van der Waals surface area contributed by atoms with Crippen molar-refractivity contribution in [3.63, 3.8) is 0 Å². The quantitative estimate of drug-likeness (QED) is 0.360. The number of rotatable bonds is 6. The third-order valence-corrected chi connectivity index (χ3v) is 5.05. The molecule has 0 aliphatic carbocycles. The molecule has 7 nitrogen and oxygen atoms in total. The monoisotopic (exact) mass is 519 g/mol. The normalized spacial score (nSPS) is 15.2. The maximum Gasteiger partial charge on any atom is 0.193 e. The van der Waals surface area contributed by atoms with Crippen molar-refractivity contribution in [2.75, 3.05) is 46.9 Å². The summed E-state index contributed by atoms with van der Waals surface area (Å²) in [5.41, 5.74) is 2.07. The number of aromatic nitrogens is 1. The van der Waals surface area contributed by atoms with E-state index in [1.165, 1.54) is 0 Å². The van der Waals surface area contributed by atoms with E-state index in [4.69, 9.17) is 20.9 Å². The fraction of sp³-hybridized carbons (Fsp3) is 0.474. The molecule has 0 radical (unpaired) electrons. The maximum absolute atomic E-state index is 6.31. The number of guanidine groups is 1. The predicted octanol–water partition coefficient (Wildman–Crippen LogP) is 2.89. The van der Waals surface area contributed by atoms with Gasteiger partial charge < -0.3 is 19.5 Å². The second kappa shape index (κ2) is 11.5. The van der Waals surface area contributed by atoms with E-state index in [0.717, 1.165) is 73.7 Å². The van der Waals surface area contributed by atoms with Crippen LogP contribution in [0.5, 0.6) is 5.75 Å². The van der Waals surface area contributed by atoms with Crippen LogP contribution in [0.4, 0.5) is 0 Å². The first kappa shape index (κ1) is 22.8. The minimum Gasteiger partial charge on any atom is -0.497 e. The number of ether oxygens (including phenoxy) is 1. The van der Waals surface area contributed by atoms with E-state index in [0.29, 0.717) is 0 Å². The zero-order valence-electron chi connectivity index (χ0n) is 16.2. The second-order valence-corrected chi connectivity index (χ2v) is 6.84. The van der Waals surface area contributed by atoms with Gasteiger partial charge in [0.25, 0.3) is 0 Å². The molecule has 1 aromatic carbocycles. The number of piperazine rings is 1. The predicted molar refractivity (Wildman–Crippen MR) is 122 cm³/mol. The lowest BCUT2D eigenvalue weighted by atomic mass is 10.1. The van der Waals surface area contributed by atoms with Gasteiger partial charge in [-0.2, -0.15) is 0 Å². The summed E-state index contributed by atoms with van der Waals surface area (Å²) in [5.74, 6) is 1.71. The number of nitrogens with zero attached hydrogens (tertiary/aromatic N) is 4. The van der Waals surface area contributed by atoms with E-state index >= 15 is 0 Å². The molecule has 2 aromatic rings. The Morgan fingerprint density at radius 3 is 2.68 bits per heavy atom. The molecular formula is C19H27ClIN5O2. The third kappa shape index (κ3) is 6.25. The standard InChI is InChI=1S/C19H26ClN5O2.HI/c1-21-19(22-7-5-15-3-4-17(26-2)13-18(15)20)25-10-8-24(9-11-25)14-16-6-12-27-23-16;/h3-4,6,12-13H,5,7-11,14H2,1-2H3,(H,21,22);1H. The molecule has 1 aliphatic heterocycles. The first-order valence-electron chi connectivity index (χ1n) is 9.09. The van der Waals surface area contributed by atoms with Crippen LogP contribution in [0.25, 0.3) is 0 Å². The van der Waals surface area contributed by atoms with Crippen molar-refractivity contribution in [3.05, 3.63) is 46.8 Å². The highest BCUT2D eigenvalue weighted by Gasteiger charge is 2.20. The van der Waals surface area contributed by atoms with Crippen LogP contribution in [0.15, 0.2) is 40.0 Å². The van der Waals surface area contributed by atoms with Gasteiger partial charge in [-0.25, -0.2) is 0 Å². The summed E-state index contributed by atoms with van der Waals surface area (Å²) in [4.78, 5) is 9.09. The van der Waals surface area contributed by atoms with Crippen LogP contribution >= 0.6 is 35.6 Å². The average molecular weight is 520 g/mol. The van der Waals surface area contributed by atoms with Crippen molar-refractivity contribution >= 4 is 41.5 Å². The lowest BCUT2D eigenvalue weighted by molar-refractivity contribution is 0.169. The molecule has 1 aromatic heterocycles. The van der Waals surface area contributed by atoms with Gasteiger partial charge in [0.2, 0.25) is 0 Å². The Morgan fingerprint density at radius 1 is 1.29 bits per heavy atom. The molecule has 1 aliphatic rings. The Balaban J connectivity index is 0.00000280. The Labute approximate surface area is 188 Å². The summed E-state index contributed by atoms with van der Waals surface area (Å²) >= 11 is 6.31. The van der Waals surface area contributed by atoms with E-state index < -0.39 is 0 Å². The number of halogens is 2. The molecule has 0 bridgehead atoms. The van der Waals surface area contributed by atoms with E-state index in [2.05, 4.69) is 25.3 Å². The van der Waals surface area contributed by atoms with E-state index in [1.807, 2.05) is 31.3 Å². The highest BCUT2D eigenvalue weighted by atomic mass is 127. The molecule has 9 heteroatoms. The summed E-state index contributed by atoms with van der Waals surface area (Å²) in [6.45, 7) is 5.40. The summed E-state index contributed by atoms with van der Waals surface area (Å²) in [7, 11) is 3.47. The van der Waals surface area contributed by atoms with Crippen molar-refractivity contribution in [1.82, 2.24) is 20.3 Å². The zero-order chi connectivity index (χ0) is 19.1. The highest BCUT2D eigenvalue weighted by molar-refractivity contribution is 14.0. The number of methoxy groups -OCH3 is 1. The molecule has 0 unspecified atom stereocenters. The number of hydrogen-bond donors (Lipinski definition) is 1.